The number of carbonyl (C=O) groups excluding carboxylic acids is 2. The van der Waals surface area contributed by atoms with Crippen molar-refractivity contribution in [2.24, 2.45) is 11.8 Å². The van der Waals surface area contributed by atoms with Crippen molar-refractivity contribution in [3.8, 4) is 0 Å². The van der Waals surface area contributed by atoms with Crippen molar-refractivity contribution in [1.29, 1.82) is 0 Å². The first-order valence-electron chi connectivity index (χ1n) is 4.89. The van der Waals surface area contributed by atoms with Gasteiger partial charge >= 0.3 is 0 Å². The molecule has 0 radical (unpaired) electrons. The van der Waals surface area contributed by atoms with Crippen LogP contribution in [-0.2, 0) is 9.59 Å². The van der Waals surface area contributed by atoms with Crippen LogP contribution in [0.15, 0.2) is 0 Å². The first-order chi connectivity index (χ1) is 6.29. The summed E-state index contributed by atoms with van der Waals surface area (Å²) in [5.74, 6) is 0.230. The predicted molar refractivity (Wildman–Crippen MR) is 44.5 cm³/mol. The fraction of sp³-hybridized carbons (Fsp3) is 0.778. The number of nitrogens with one attached hydrogen (secondary N) is 1. The summed E-state index contributed by atoms with van der Waals surface area (Å²) in [5, 5.41) is 3.18. The van der Waals surface area contributed by atoms with Gasteiger partial charge in [0, 0.05) is 0 Å². The molecule has 2 aliphatic heterocycles. The minimum Gasteiger partial charge on any atom is -0.297 e. The maximum absolute atomic E-state index is 11.6. The highest BCUT2D eigenvalue weighted by Crippen LogP contribution is 2.47. The molecule has 4 heteroatoms. The Morgan fingerprint density at radius 1 is 1.23 bits per heavy atom. The molecule has 13 heavy (non-hydrogen) atoms. The SMILES string of the molecule is O=C1C2CC2C(=O)N1C1CCCN1. The molecule has 0 aromatic rings. The largest absolute Gasteiger partial charge is 0.297 e. The molecule has 3 fully saturated rings. The van der Waals surface area contributed by atoms with E-state index in [0.29, 0.717) is 0 Å². The molecule has 3 rings (SSSR count). The third-order valence-corrected chi connectivity index (χ3v) is 3.25. The number of fused-ring (bicyclic) bond motifs is 1. The molecule has 3 aliphatic rings. The molecule has 2 saturated heterocycles. The van der Waals surface area contributed by atoms with E-state index in [2.05, 4.69) is 5.32 Å². The van der Waals surface area contributed by atoms with Crippen LogP contribution in [-0.4, -0.2) is 29.4 Å². The molecule has 2 amide bonds. The second-order valence-electron chi connectivity index (χ2n) is 4.11. The van der Waals surface area contributed by atoms with Crippen LogP contribution in [0.2, 0.25) is 0 Å². The van der Waals surface area contributed by atoms with Crippen LogP contribution in [0.5, 0.6) is 0 Å². The van der Waals surface area contributed by atoms with Gasteiger partial charge in [-0.25, -0.2) is 0 Å². The average molecular weight is 180 g/mol. The molecular weight excluding hydrogens is 168 g/mol. The monoisotopic (exact) mass is 180 g/mol. The Labute approximate surface area is 76.3 Å². The third-order valence-electron chi connectivity index (χ3n) is 3.25. The molecular formula is C9H12N2O2. The summed E-state index contributed by atoms with van der Waals surface area (Å²) in [6, 6.07) is 0. The number of hydrogen-bond acceptors (Lipinski definition) is 3. The van der Waals surface area contributed by atoms with E-state index in [4.69, 9.17) is 0 Å². The van der Waals surface area contributed by atoms with Crippen molar-refractivity contribution in [3.05, 3.63) is 0 Å². The molecule has 1 saturated carbocycles. The zero-order valence-corrected chi connectivity index (χ0v) is 7.32. The van der Waals surface area contributed by atoms with Crippen LogP contribution < -0.4 is 5.32 Å². The minimum absolute atomic E-state index is 0.00722. The smallest absolute Gasteiger partial charge is 0.234 e. The van der Waals surface area contributed by atoms with Gasteiger partial charge in [-0.2, -0.15) is 0 Å². The lowest BCUT2D eigenvalue weighted by Gasteiger charge is -2.23. The van der Waals surface area contributed by atoms with E-state index in [0.717, 1.165) is 25.8 Å². The first kappa shape index (κ1) is 7.50. The molecule has 0 bridgehead atoms. The molecule has 0 spiro atoms. The summed E-state index contributed by atoms with van der Waals surface area (Å²) in [6.07, 6.45) is 2.81. The molecule has 2 heterocycles. The number of piperidine rings is 1. The second-order valence-corrected chi connectivity index (χ2v) is 4.11. The van der Waals surface area contributed by atoms with Gasteiger partial charge in [0.25, 0.3) is 0 Å². The summed E-state index contributed by atoms with van der Waals surface area (Å²) in [6.45, 7) is 0.928. The molecule has 1 N–H and O–H groups in total. The molecule has 3 unspecified atom stereocenters. The van der Waals surface area contributed by atoms with Crippen molar-refractivity contribution < 1.29 is 9.59 Å². The van der Waals surface area contributed by atoms with Gasteiger partial charge in [-0.05, 0) is 25.8 Å². The lowest BCUT2D eigenvalue weighted by Crippen LogP contribution is -2.46. The van der Waals surface area contributed by atoms with Crippen molar-refractivity contribution in [2.45, 2.75) is 25.4 Å². The number of amides is 2. The van der Waals surface area contributed by atoms with E-state index in [9.17, 15) is 9.59 Å². The van der Waals surface area contributed by atoms with Gasteiger partial charge in [0.05, 0.1) is 18.0 Å². The molecule has 0 aromatic heterocycles. The van der Waals surface area contributed by atoms with Crippen molar-refractivity contribution in [2.75, 3.05) is 6.54 Å². The number of carbonyl (C=O) groups is 2. The average Bonchev–Trinajstić information content (AvgIpc) is 2.67. The fourth-order valence-corrected chi connectivity index (χ4v) is 2.40. The zero-order valence-electron chi connectivity index (χ0n) is 7.32. The van der Waals surface area contributed by atoms with Crippen molar-refractivity contribution in [3.63, 3.8) is 0 Å². The van der Waals surface area contributed by atoms with Gasteiger partial charge in [-0.15, -0.1) is 0 Å². The van der Waals surface area contributed by atoms with Crippen LogP contribution in [0.3, 0.4) is 0 Å². The maximum atomic E-state index is 11.6. The summed E-state index contributed by atoms with van der Waals surface area (Å²) < 4.78 is 0. The van der Waals surface area contributed by atoms with Crippen LogP contribution in [0, 0.1) is 11.8 Å². The van der Waals surface area contributed by atoms with E-state index in [-0.39, 0.29) is 29.8 Å². The van der Waals surface area contributed by atoms with Crippen LogP contribution >= 0.6 is 0 Å². The van der Waals surface area contributed by atoms with Gasteiger partial charge < -0.3 is 0 Å². The van der Waals surface area contributed by atoms with Crippen LogP contribution in [0.1, 0.15) is 19.3 Å². The summed E-state index contributed by atoms with van der Waals surface area (Å²) in [7, 11) is 0. The van der Waals surface area contributed by atoms with Gasteiger partial charge in [-0.1, -0.05) is 0 Å². The number of rotatable bonds is 1. The Morgan fingerprint density at radius 3 is 2.46 bits per heavy atom. The Hall–Kier alpha value is -0.900. The van der Waals surface area contributed by atoms with Gasteiger partial charge in [0.2, 0.25) is 11.8 Å². The van der Waals surface area contributed by atoms with Crippen molar-refractivity contribution >= 4 is 11.8 Å². The topological polar surface area (TPSA) is 49.4 Å². The van der Waals surface area contributed by atoms with Gasteiger partial charge in [0.1, 0.15) is 0 Å². The number of hydrogen-bond donors (Lipinski definition) is 1. The zero-order chi connectivity index (χ0) is 9.00. The van der Waals surface area contributed by atoms with Gasteiger partial charge in [0.15, 0.2) is 0 Å². The van der Waals surface area contributed by atoms with Crippen LogP contribution in [0.4, 0.5) is 0 Å². The highest BCUT2D eigenvalue weighted by atomic mass is 16.2. The minimum atomic E-state index is 0.00722. The fourth-order valence-electron chi connectivity index (χ4n) is 2.40. The Balaban J connectivity index is 1.83. The van der Waals surface area contributed by atoms with E-state index in [1.165, 1.54) is 4.90 Å². The highest BCUT2D eigenvalue weighted by molar-refractivity contribution is 6.09. The highest BCUT2D eigenvalue weighted by Gasteiger charge is 2.60. The summed E-state index contributed by atoms with van der Waals surface area (Å²) >= 11 is 0. The van der Waals surface area contributed by atoms with E-state index < -0.39 is 0 Å². The van der Waals surface area contributed by atoms with E-state index >= 15 is 0 Å². The summed E-state index contributed by atoms with van der Waals surface area (Å²) in [5.41, 5.74) is 0. The second kappa shape index (κ2) is 2.32. The molecule has 3 atom stereocenters. The third kappa shape index (κ3) is 0.892. The maximum Gasteiger partial charge on any atom is 0.234 e. The van der Waals surface area contributed by atoms with Crippen molar-refractivity contribution in [1.82, 2.24) is 10.2 Å². The normalized spacial score (nSPS) is 42.8. The molecule has 1 aliphatic carbocycles. The molecule has 70 valence electrons. The lowest BCUT2D eigenvalue weighted by molar-refractivity contribution is -0.144. The Bertz CT molecular complexity index is 263. The standard InChI is InChI=1S/C9H12N2O2/c12-8-5-4-6(5)9(13)11(8)7-2-1-3-10-7/h5-7,10H,1-4H2. The number of imide groups is 1. The Morgan fingerprint density at radius 2 is 1.92 bits per heavy atom. The molecule has 4 nitrogen and oxygen atoms in total. The first-order valence-corrected chi connectivity index (χ1v) is 4.89. The Kier molecular flexibility index (Phi) is 1.34. The number of nitrogens with zero attached hydrogens (tertiary/aromatic N) is 1. The lowest BCUT2D eigenvalue weighted by atomic mass is 10.3. The van der Waals surface area contributed by atoms with Gasteiger partial charge in [-0.3, -0.25) is 19.8 Å². The van der Waals surface area contributed by atoms with Crippen LogP contribution in [0.25, 0.3) is 0 Å². The quantitative estimate of drug-likeness (QED) is 0.564. The van der Waals surface area contributed by atoms with E-state index in [1.54, 1.807) is 0 Å². The predicted octanol–water partition coefficient (Wildman–Crippen LogP) is -0.299. The molecule has 0 aromatic carbocycles. The van der Waals surface area contributed by atoms with E-state index in [1.807, 2.05) is 0 Å². The number of likely N-dealkylation sites (tertiary alicyclic amines) is 1. The summed E-state index contributed by atoms with van der Waals surface area (Å²) in [4.78, 5) is 24.7.